The van der Waals surface area contributed by atoms with Gasteiger partial charge in [0, 0.05) is 35.4 Å². The predicted molar refractivity (Wildman–Crippen MR) is 161 cm³/mol. The summed E-state index contributed by atoms with van der Waals surface area (Å²) in [6.07, 6.45) is 13.9. The van der Waals surface area contributed by atoms with Crippen LogP contribution in [0.2, 0.25) is 0 Å². The Morgan fingerprint density at radius 3 is 1.05 bits per heavy atom. The van der Waals surface area contributed by atoms with Gasteiger partial charge in [0.15, 0.2) is 0 Å². The molecule has 3 rings (SSSR count). The lowest BCUT2D eigenvalue weighted by Crippen LogP contribution is -2.14. The molecule has 2 aromatic rings. The van der Waals surface area contributed by atoms with Gasteiger partial charge in [-0.25, -0.2) is 0 Å². The van der Waals surface area contributed by atoms with E-state index in [0.717, 1.165) is 49.7 Å². The Morgan fingerprint density at radius 2 is 0.690 bits per heavy atom. The molecule has 0 radical (unpaired) electrons. The molecule has 0 amide bonds. The Morgan fingerprint density at radius 1 is 0.381 bits per heavy atom. The molecule has 42 heavy (non-hydrogen) atoms. The average Bonchev–Trinajstić information content (AvgIpc) is 2.95. The predicted octanol–water partition coefficient (Wildman–Crippen LogP) is 6.41. The van der Waals surface area contributed by atoms with Gasteiger partial charge in [-0.15, -0.1) is 0 Å². The third-order valence-electron chi connectivity index (χ3n) is 7.41. The summed E-state index contributed by atoms with van der Waals surface area (Å²) in [5, 5.41) is 40.6. The third kappa shape index (κ3) is 13.0. The molecule has 0 saturated heterocycles. The van der Waals surface area contributed by atoms with E-state index in [2.05, 4.69) is 0 Å². The lowest BCUT2D eigenvalue weighted by Gasteiger charge is -2.14. The van der Waals surface area contributed by atoms with Crippen molar-refractivity contribution in [3.63, 3.8) is 0 Å². The van der Waals surface area contributed by atoms with E-state index in [0.29, 0.717) is 77.2 Å². The van der Waals surface area contributed by atoms with Gasteiger partial charge in [-0.2, -0.15) is 0 Å². The van der Waals surface area contributed by atoms with Gasteiger partial charge in [-0.05, 0) is 25.7 Å². The van der Waals surface area contributed by atoms with Crippen LogP contribution in [0.4, 0.5) is 0 Å². The van der Waals surface area contributed by atoms with Crippen molar-refractivity contribution in [1.29, 1.82) is 0 Å². The minimum atomic E-state index is -0.0186. The SMILES string of the molecule is Oc1cc(O)c2c(c1)OCCOCCOCCOCCOc1cc(O)cc(O)c1CCCCCCCCCCCCC2. The first-order valence-electron chi connectivity index (χ1n) is 15.6. The highest BCUT2D eigenvalue weighted by Gasteiger charge is 2.13. The summed E-state index contributed by atoms with van der Waals surface area (Å²) in [7, 11) is 0. The van der Waals surface area contributed by atoms with Crippen LogP contribution in [0.1, 0.15) is 81.8 Å². The van der Waals surface area contributed by atoms with Crippen LogP contribution in [0.3, 0.4) is 0 Å². The Bertz CT molecular complexity index is 948. The summed E-state index contributed by atoms with van der Waals surface area (Å²) >= 11 is 0. The maximum absolute atomic E-state index is 10.4. The molecule has 9 nitrogen and oxygen atoms in total. The fourth-order valence-corrected chi connectivity index (χ4v) is 5.15. The average molecular weight is 591 g/mol. The normalized spacial score (nSPS) is 18.9. The standard InChI is InChI=1S/C33H50O9/c34-26-22-30(36)28-12-10-8-6-4-2-1-3-5-7-9-11-13-29-31(37)23-27(35)25-33(29)42-21-19-40-17-15-38-14-16-39-18-20-41-32(28)24-26/h22-25,34-37H,1-21H2. The van der Waals surface area contributed by atoms with Crippen LogP contribution in [0, 0.1) is 0 Å². The number of rotatable bonds is 0. The van der Waals surface area contributed by atoms with Crippen molar-refractivity contribution < 1.29 is 44.1 Å². The molecule has 4 N–H and O–H groups in total. The second-order valence-electron chi connectivity index (χ2n) is 10.8. The van der Waals surface area contributed by atoms with E-state index >= 15 is 0 Å². The highest BCUT2D eigenvalue weighted by Crippen LogP contribution is 2.35. The highest BCUT2D eigenvalue weighted by molar-refractivity contribution is 5.50. The lowest BCUT2D eigenvalue weighted by molar-refractivity contribution is 0.00487. The number of aromatic hydroxyl groups is 4. The summed E-state index contributed by atoms with van der Waals surface area (Å²) in [5.74, 6) is 1.11. The quantitative estimate of drug-likeness (QED) is 0.275. The van der Waals surface area contributed by atoms with Gasteiger partial charge in [-0.1, -0.05) is 57.8 Å². The van der Waals surface area contributed by atoms with Crippen molar-refractivity contribution in [3.8, 4) is 34.5 Å². The molecule has 0 fully saturated rings. The number of phenols is 4. The van der Waals surface area contributed by atoms with E-state index in [-0.39, 0.29) is 23.0 Å². The monoisotopic (exact) mass is 590 g/mol. The van der Waals surface area contributed by atoms with Crippen LogP contribution in [0.5, 0.6) is 34.5 Å². The van der Waals surface area contributed by atoms with Crippen molar-refractivity contribution in [2.45, 2.75) is 83.5 Å². The maximum atomic E-state index is 10.4. The fraction of sp³-hybridized carbons (Fsp3) is 0.636. The first-order chi connectivity index (χ1) is 20.5. The molecule has 236 valence electrons. The molecule has 0 atom stereocenters. The van der Waals surface area contributed by atoms with E-state index in [9.17, 15) is 20.4 Å². The summed E-state index contributed by atoms with van der Waals surface area (Å²) in [6.45, 7) is 2.99. The molecule has 0 saturated carbocycles. The van der Waals surface area contributed by atoms with Crippen LogP contribution in [-0.4, -0.2) is 73.3 Å². The number of fused-ring (bicyclic) bond motifs is 2. The minimum Gasteiger partial charge on any atom is -0.508 e. The summed E-state index contributed by atoms with van der Waals surface area (Å²) in [5.41, 5.74) is 1.47. The van der Waals surface area contributed by atoms with Crippen molar-refractivity contribution >= 4 is 0 Å². The van der Waals surface area contributed by atoms with Crippen molar-refractivity contribution in [2.75, 3.05) is 52.9 Å². The van der Waals surface area contributed by atoms with Gasteiger partial charge >= 0.3 is 0 Å². The number of hydrogen-bond donors (Lipinski definition) is 4. The van der Waals surface area contributed by atoms with Gasteiger partial charge in [0.05, 0.1) is 39.6 Å². The summed E-state index contributed by atoms with van der Waals surface area (Å²) in [4.78, 5) is 0. The number of benzene rings is 2. The molecule has 0 aromatic heterocycles. The van der Waals surface area contributed by atoms with Crippen molar-refractivity contribution in [3.05, 3.63) is 35.4 Å². The molecule has 1 aliphatic rings. The lowest BCUT2D eigenvalue weighted by atomic mass is 10.0. The number of ether oxygens (including phenoxy) is 5. The van der Waals surface area contributed by atoms with Gasteiger partial charge in [-0.3, -0.25) is 0 Å². The van der Waals surface area contributed by atoms with Crippen LogP contribution >= 0.6 is 0 Å². The van der Waals surface area contributed by atoms with Crippen LogP contribution < -0.4 is 9.47 Å². The van der Waals surface area contributed by atoms with E-state index in [4.69, 9.17) is 23.7 Å². The highest BCUT2D eigenvalue weighted by atomic mass is 16.6. The first kappa shape index (κ1) is 33.6. The van der Waals surface area contributed by atoms with E-state index in [1.165, 1.54) is 44.2 Å². The second-order valence-corrected chi connectivity index (χ2v) is 10.8. The molecule has 0 spiro atoms. The Labute approximate surface area is 250 Å². The first-order valence-corrected chi connectivity index (χ1v) is 15.6. The molecule has 1 aliphatic heterocycles. The molecule has 0 bridgehead atoms. The third-order valence-corrected chi connectivity index (χ3v) is 7.41. The van der Waals surface area contributed by atoms with Crippen LogP contribution in [0.25, 0.3) is 0 Å². The minimum absolute atomic E-state index is 0.0186. The van der Waals surface area contributed by atoms with Gasteiger partial charge < -0.3 is 44.1 Å². The largest absolute Gasteiger partial charge is 0.508 e. The molecular formula is C33H50O9. The Kier molecular flexibility index (Phi) is 16.1. The van der Waals surface area contributed by atoms with E-state index in [1.807, 2.05) is 0 Å². The zero-order valence-corrected chi connectivity index (χ0v) is 25.0. The fourth-order valence-electron chi connectivity index (χ4n) is 5.15. The zero-order valence-electron chi connectivity index (χ0n) is 25.0. The van der Waals surface area contributed by atoms with Crippen molar-refractivity contribution in [2.24, 2.45) is 0 Å². The van der Waals surface area contributed by atoms with Gasteiger partial charge in [0.1, 0.15) is 47.7 Å². The van der Waals surface area contributed by atoms with E-state index < -0.39 is 0 Å². The van der Waals surface area contributed by atoms with Crippen LogP contribution in [0.15, 0.2) is 24.3 Å². The molecule has 2 aromatic carbocycles. The van der Waals surface area contributed by atoms with E-state index in [1.54, 1.807) is 12.1 Å². The van der Waals surface area contributed by atoms with Crippen molar-refractivity contribution in [1.82, 2.24) is 0 Å². The molecule has 1 heterocycles. The zero-order chi connectivity index (χ0) is 29.8. The summed E-state index contributed by atoms with van der Waals surface area (Å²) in [6, 6.07) is 5.84. The molecular weight excluding hydrogens is 540 g/mol. The smallest absolute Gasteiger partial charge is 0.129 e. The van der Waals surface area contributed by atoms with Gasteiger partial charge in [0.25, 0.3) is 0 Å². The molecule has 0 unspecified atom stereocenters. The maximum Gasteiger partial charge on any atom is 0.129 e. The van der Waals surface area contributed by atoms with Gasteiger partial charge in [0.2, 0.25) is 0 Å². The molecule has 0 aliphatic carbocycles. The Hall–Kier alpha value is -2.88. The molecule has 9 heteroatoms. The second kappa shape index (κ2) is 20.1. The topological polar surface area (TPSA) is 127 Å². The number of phenolic OH excluding ortho intramolecular Hbond substituents is 4. The Balaban J connectivity index is 1.45. The summed E-state index contributed by atoms with van der Waals surface area (Å²) < 4.78 is 28.4. The number of hydrogen-bond acceptors (Lipinski definition) is 9. The van der Waals surface area contributed by atoms with Crippen LogP contribution in [-0.2, 0) is 27.1 Å².